The van der Waals surface area contributed by atoms with E-state index < -0.39 is 6.04 Å². The summed E-state index contributed by atoms with van der Waals surface area (Å²) < 4.78 is 12.1. The van der Waals surface area contributed by atoms with Crippen molar-refractivity contribution < 1.29 is 14.3 Å². The number of ether oxygens (including phenoxy) is 2. The number of carbonyl (C=O) groups is 1. The predicted molar refractivity (Wildman–Crippen MR) is 134 cm³/mol. The van der Waals surface area contributed by atoms with E-state index >= 15 is 0 Å². The van der Waals surface area contributed by atoms with Crippen LogP contribution in [-0.4, -0.2) is 54.5 Å². The van der Waals surface area contributed by atoms with Crippen molar-refractivity contribution in [2.24, 2.45) is 0 Å². The van der Waals surface area contributed by atoms with Gasteiger partial charge in [-0.1, -0.05) is 18.2 Å². The molecule has 1 heterocycles. The van der Waals surface area contributed by atoms with Crippen LogP contribution < -0.4 is 10.9 Å². The number of hydrogen-bond acceptors (Lipinski definition) is 5. The Morgan fingerprint density at radius 1 is 1.09 bits per heavy atom. The third-order valence-corrected chi connectivity index (χ3v) is 6.02. The highest BCUT2D eigenvalue weighted by molar-refractivity contribution is 5.89. The van der Waals surface area contributed by atoms with Crippen LogP contribution in [0.25, 0.3) is 10.9 Å². The Morgan fingerprint density at radius 2 is 1.82 bits per heavy atom. The molecule has 0 radical (unpaired) electrons. The first kappa shape index (κ1) is 25.4. The van der Waals surface area contributed by atoms with Gasteiger partial charge >= 0.3 is 6.03 Å². The standard InChI is InChI=1S/C26H34N4O4/c1-18-11-12-21(17-19(18)2)27-26(32)29(13-8-15-33-4)20(3)24-28-23-10-7-6-9-22(23)25(31)30(24)14-16-34-5/h6-7,9-12,17,20H,8,13-16H2,1-5H3,(H,27,32). The zero-order chi connectivity index (χ0) is 24.7. The second kappa shape index (κ2) is 11.8. The fourth-order valence-electron chi connectivity index (χ4n) is 3.91. The summed E-state index contributed by atoms with van der Waals surface area (Å²) in [5.41, 5.74) is 3.44. The van der Waals surface area contributed by atoms with Gasteiger partial charge in [-0.2, -0.15) is 0 Å². The van der Waals surface area contributed by atoms with Gasteiger partial charge in [0.1, 0.15) is 5.82 Å². The molecule has 0 aliphatic rings. The Balaban J connectivity index is 2.00. The van der Waals surface area contributed by atoms with Gasteiger partial charge in [-0.3, -0.25) is 9.36 Å². The molecule has 0 spiro atoms. The Hall–Kier alpha value is -3.23. The highest BCUT2D eigenvalue weighted by Gasteiger charge is 2.26. The van der Waals surface area contributed by atoms with Gasteiger partial charge in [0.2, 0.25) is 0 Å². The lowest BCUT2D eigenvalue weighted by atomic mass is 10.1. The Bertz CT molecular complexity index is 1190. The average molecular weight is 467 g/mol. The van der Waals surface area contributed by atoms with Crippen molar-refractivity contribution in [3.63, 3.8) is 0 Å². The first-order valence-electron chi connectivity index (χ1n) is 11.5. The lowest BCUT2D eigenvalue weighted by Crippen LogP contribution is -2.41. The molecular formula is C26H34N4O4. The summed E-state index contributed by atoms with van der Waals surface area (Å²) in [6.45, 7) is 7.60. The second-order valence-corrected chi connectivity index (χ2v) is 8.38. The van der Waals surface area contributed by atoms with Crippen LogP contribution >= 0.6 is 0 Å². The quantitative estimate of drug-likeness (QED) is 0.451. The van der Waals surface area contributed by atoms with Gasteiger partial charge < -0.3 is 19.7 Å². The molecule has 8 heteroatoms. The van der Waals surface area contributed by atoms with E-state index in [2.05, 4.69) is 5.32 Å². The maximum Gasteiger partial charge on any atom is 0.322 e. The van der Waals surface area contributed by atoms with Crippen molar-refractivity contribution in [1.29, 1.82) is 0 Å². The number of benzene rings is 2. The summed E-state index contributed by atoms with van der Waals surface area (Å²) in [4.78, 5) is 33.2. The maximum atomic E-state index is 13.4. The molecule has 34 heavy (non-hydrogen) atoms. The molecule has 2 amide bonds. The maximum absolute atomic E-state index is 13.4. The number of amides is 2. The van der Waals surface area contributed by atoms with Gasteiger partial charge in [0.25, 0.3) is 5.56 Å². The molecule has 1 N–H and O–H groups in total. The topological polar surface area (TPSA) is 85.7 Å². The minimum absolute atomic E-state index is 0.143. The van der Waals surface area contributed by atoms with Crippen LogP contribution in [0.5, 0.6) is 0 Å². The minimum Gasteiger partial charge on any atom is -0.385 e. The fraction of sp³-hybridized carbons (Fsp3) is 0.423. The summed E-state index contributed by atoms with van der Waals surface area (Å²) >= 11 is 0. The summed E-state index contributed by atoms with van der Waals surface area (Å²) in [5, 5.41) is 3.55. The van der Waals surface area contributed by atoms with E-state index in [9.17, 15) is 9.59 Å². The molecule has 1 aromatic heterocycles. The predicted octanol–water partition coefficient (Wildman–Crippen LogP) is 4.29. The van der Waals surface area contributed by atoms with Gasteiger partial charge in [0, 0.05) is 33.1 Å². The monoisotopic (exact) mass is 466 g/mol. The molecule has 3 aromatic rings. The number of hydrogen-bond donors (Lipinski definition) is 1. The number of rotatable bonds is 10. The highest BCUT2D eigenvalue weighted by atomic mass is 16.5. The van der Waals surface area contributed by atoms with E-state index in [-0.39, 0.29) is 11.6 Å². The number of aromatic nitrogens is 2. The van der Waals surface area contributed by atoms with E-state index in [1.165, 1.54) is 0 Å². The summed E-state index contributed by atoms with van der Waals surface area (Å²) in [6.07, 6.45) is 0.650. The minimum atomic E-state index is -0.461. The SMILES string of the molecule is COCCCN(C(=O)Nc1ccc(C)c(C)c1)C(C)c1nc2ccccc2c(=O)n1CCOC. The van der Waals surface area contributed by atoms with Crippen molar-refractivity contribution >= 4 is 22.6 Å². The molecule has 182 valence electrons. The van der Waals surface area contributed by atoms with Gasteiger partial charge in [-0.15, -0.1) is 0 Å². The van der Waals surface area contributed by atoms with E-state index in [0.29, 0.717) is 49.5 Å². The van der Waals surface area contributed by atoms with E-state index in [0.717, 1.165) is 16.8 Å². The van der Waals surface area contributed by atoms with Crippen LogP contribution in [-0.2, 0) is 16.0 Å². The molecule has 0 saturated carbocycles. The van der Waals surface area contributed by atoms with E-state index in [4.69, 9.17) is 14.5 Å². The third kappa shape index (κ3) is 5.81. The lowest BCUT2D eigenvalue weighted by molar-refractivity contribution is 0.155. The second-order valence-electron chi connectivity index (χ2n) is 8.38. The zero-order valence-corrected chi connectivity index (χ0v) is 20.6. The number of para-hydroxylation sites is 1. The summed E-state index contributed by atoms with van der Waals surface area (Å²) in [7, 11) is 3.23. The van der Waals surface area contributed by atoms with Crippen LogP contribution in [0.2, 0.25) is 0 Å². The van der Waals surface area contributed by atoms with Gasteiger partial charge in [-0.05, 0) is 62.6 Å². The number of urea groups is 1. The molecule has 0 bridgehead atoms. The van der Waals surface area contributed by atoms with Crippen LogP contribution in [0.4, 0.5) is 10.5 Å². The molecule has 0 aliphatic carbocycles. The summed E-state index contributed by atoms with van der Waals surface area (Å²) in [5.74, 6) is 0.522. The molecule has 0 fully saturated rings. The first-order valence-corrected chi connectivity index (χ1v) is 11.5. The number of fused-ring (bicyclic) bond motifs is 1. The van der Waals surface area contributed by atoms with Gasteiger partial charge in [0.05, 0.1) is 30.1 Å². The molecule has 2 aromatic carbocycles. The smallest absolute Gasteiger partial charge is 0.322 e. The van der Waals surface area contributed by atoms with Crippen LogP contribution in [0.15, 0.2) is 47.3 Å². The van der Waals surface area contributed by atoms with Gasteiger partial charge in [0.15, 0.2) is 0 Å². The molecule has 0 saturated heterocycles. The number of anilines is 1. The van der Waals surface area contributed by atoms with E-state index in [1.54, 1.807) is 29.8 Å². The number of methoxy groups -OCH3 is 2. The zero-order valence-electron chi connectivity index (χ0n) is 20.6. The van der Waals surface area contributed by atoms with Crippen LogP contribution in [0.1, 0.15) is 36.3 Å². The van der Waals surface area contributed by atoms with Crippen molar-refractivity contribution in [3.05, 3.63) is 69.8 Å². The Kier molecular flexibility index (Phi) is 8.79. The van der Waals surface area contributed by atoms with Crippen molar-refractivity contribution in [2.75, 3.05) is 39.3 Å². The summed E-state index contributed by atoms with van der Waals surface area (Å²) in [6, 6.07) is 12.4. The van der Waals surface area contributed by atoms with Crippen molar-refractivity contribution in [2.45, 2.75) is 39.8 Å². The largest absolute Gasteiger partial charge is 0.385 e. The van der Waals surface area contributed by atoms with Crippen LogP contribution in [0.3, 0.4) is 0 Å². The molecule has 1 atom stereocenters. The third-order valence-electron chi connectivity index (χ3n) is 6.02. The van der Waals surface area contributed by atoms with Crippen LogP contribution in [0, 0.1) is 13.8 Å². The molecule has 8 nitrogen and oxygen atoms in total. The van der Waals surface area contributed by atoms with Crippen molar-refractivity contribution in [3.8, 4) is 0 Å². The normalized spacial score (nSPS) is 12.0. The molecular weight excluding hydrogens is 432 g/mol. The molecule has 0 aliphatic heterocycles. The lowest BCUT2D eigenvalue weighted by Gasteiger charge is -2.30. The Labute approximate surface area is 200 Å². The molecule has 1 unspecified atom stereocenters. The number of aryl methyl sites for hydroxylation is 2. The average Bonchev–Trinajstić information content (AvgIpc) is 2.83. The molecule has 3 rings (SSSR count). The Morgan fingerprint density at radius 3 is 2.53 bits per heavy atom. The van der Waals surface area contributed by atoms with Crippen molar-refractivity contribution in [1.82, 2.24) is 14.5 Å². The number of nitrogens with zero attached hydrogens (tertiary/aromatic N) is 3. The fourth-order valence-corrected chi connectivity index (χ4v) is 3.91. The van der Waals surface area contributed by atoms with E-state index in [1.807, 2.05) is 57.2 Å². The first-order chi connectivity index (χ1) is 16.4. The highest BCUT2D eigenvalue weighted by Crippen LogP contribution is 2.22. The van der Waals surface area contributed by atoms with Gasteiger partial charge in [-0.25, -0.2) is 9.78 Å². The number of nitrogens with one attached hydrogen (secondary N) is 1. The number of carbonyl (C=O) groups excluding carboxylic acids is 1.